The van der Waals surface area contributed by atoms with Crippen LogP contribution in [0.2, 0.25) is 0 Å². The van der Waals surface area contributed by atoms with E-state index in [1.807, 2.05) is 11.3 Å². The van der Waals surface area contributed by atoms with E-state index >= 15 is 0 Å². The molecule has 96 valence electrons. The van der Waals surface area contributed by atoms with Crippen LogP contribution in [0.15, 0.2) is 15.9 Å². The van der Waals surface area contributed by atoms with E-state index in [1.54, 1.807) is 0 Å². The second-order valence-electron chi connectivity index (χ2n) is 5.22. The monoisotopic (exact) mass is 315 g/mol. The second-order valence-corrected chi connectivity index (χ2v) is 7.08. The zero-order valence-corrected chi connectivity index (χ0v) is 13.1. The van der Waals surface area contributed by atoms with E-state index < -0.39 is 0 Å². The highest BCUT2D eigenvalue weighted by Crippen LogP contribution is 2.39. The Morgan fingerprint density at radius 1 is 1.41 bits per heavy atom. The molecule has 1 heterocycles. The van der Waals surface area contributed by atoms with Crippen molar-refractivity contribution in [1.29, 1.82) is 0 Å². The summed E-state index contributed by atoms with van der Waals surface area (Å²) >= 11 is 5.45. The van der Waals surface area contributed by atoms with Crippen molar-refractivity contribution >= 4 is 27.3 Å². The third-order valence-electron chi connectivity index (χ3n) is 3.85. The molecular weight excluding hydrogens is 294 g/mol. The van der Waals surface area contributed by atoms with Gasteiger partial charge >= 0.3 is 0 Å². The SMILES string of the molecule is CCNC(c1cc(Br)cs1)C1CCC(C)CC1. The summed E-state index contributed by atoms with van der Waals surface area (Å²) < 4.78 is 1.23. The second kappa shape index (κ2) is 6.35. The van der Waals surface area contributed by atoms with Gasteiger partial charge in [-0.1, -0.05) is 26.7 Å². The van der Waals surface area contributed by atoms with Crippen LogP contribution in [0, 0.1) is 11.8 Å². The molecule has 1 aromatic heterocycles. The first kappa shape index (κ1) is 13.6. The Balaban J connectivity index is 2.06. The van der Waals surface area contributed by atoms with E-state index in [2.05, 4.69) is 46.5 Å². The molecule has 3 heteroatoms. The molecule has 0 spiro atoms. The quantitative estimate of drug-likeness (QED) is 0.825. The smallest absolute Gasteiger partial charge is 0.0443 e. The zero-order chi connectivity index (χ0) is 12.3. The highest BCUT2D eigenvalue weighted by Gasteiger charge is 2.27. The summed E-state index contributed by atoms with van der Waals surface area (Å²) in [6, 6.07) is 2.86. The molecule has 1 fully saturated rings. The molecule has 0 aromatic carbocycles. The maximum absolute atomic E-state index is 3.69. The van der Waals surface area contributed by atoms with E-state index in [0.717, 1.165) is 18.4 Å². The third kappa shape index (κ3) is 3.55. The van der Waals surface area contributed by atoms with Gasteiger partial charge in [-0.05, 0) is 53.2 Å². The minimum absolute atomic E-state index is 0.573. The Labute approximate surface area is 117 Å². The van der Waals surface area contributed by atoms with Gasteiger partial charge in [0.05, 0.1) is 0 Å². The fourth-order valence-electron chi connectivity index (χ4n) is 2.83. The predicted molar refractivity (Wildman–Crippen MR) is 79.6 cm³/mol. The summed E-state index contributed by atoms with van der Waals surface area (Å²) in [5, 5.41) is 5.89. The van der Waals surface area contributed by atoms with Crippen molar-refractivity contribution in [3.05, 3.63) is 20.8 Å². The Bertz CT molecular complexity index is 342. The minimum Gasteiger partial charge on any atom is -0.309 e. The molecule has 1 aromatic rings. The van der Waals surface area contributed by atoms with Crippen molar-refractivity contribution in [1.82, 2.24) is 5.32 Å². The normalized spacial score (nSPS) is 27.0. The van der Waals surface area contributed by atoms with Crippen LogP contribution < -0.4 is 5.32 Å². The lowest BCUT2D eigenvalue weighted by Gasteiger charge is -2.32. The van der Waals surface area contributed by atoms with Gasteiger partial charge in [-0.3, -0.25) is 0 Å². The molecule has 0 bridgehead atoms. The first-order valence-corrected chi connectivity index (χ1v) is 8.35. The average molecular weight is 316 g/mol. The molecule has 1 N–H and O–H groups in total. The molecule has 0 aliphatic heterocycles. The van der Waals surface area contributed by atoms with Gasteiger partial charge in [0.2, 0.25) is 0 Å². The molecule has 1 aliphatic rings. The molecule has 1 unspecified atom stereocenters. The van der Waals surface area contributed by atoms with Crippen molar-refractivity contribution < 1.29 is 0 Å². The van der Waals surface area contributed by atoms with Gasteiger partial charge in [0.1, 0.15) is 0 Å². The molecule has 2 rings (SSSR count). The first-order valence-electron chi connectivity index (χ1n) is 6.68. The van der Waals surface area contributed by atoms with Gasteiger partial charge < -0.3 is 5.32 Å². The van der Waals surface area contributed by atoms with Gasteiger partial charge in [0, 0.05) is 20.8 Å². The number of thiophene rings is 1. The number of halogens is 1. The van der Waals surface area contributed by atoms with Crippen LogP contribution in [0.5, 0.6) is 0 Å². The lowest BCUT2D eigenvalue weighted by atomic mass is 9.79. The largest absolute Gasteiger partial charge is 0.309 e. The fraction of sp³-hybridized carbons (Fsp3) is 0.714. The lowest BCUT2D eigenvalue weighted by molar-refractivity contribution is 0.235. The zero-order valence-electron chi connectivity index (χ0n) is 10.7. The van der Waals surface area contributed by atoms with Gasteiger partial charge in [-0.25, -0.2) is 0 Å². The number of rotatable bonds is 4. The Hall–Kier alpha value is 0.140. The van der Waals surface area contributed by atoms with E-state index in [9.17, 15) is 0 Å². The van der Waals surface area contributed by atoms with Crippen LogP contribution in [-0.2, 0) is 0 Å². The van der Waals surface area contributed by atoms with Gasteiger partial charge in [-0.2, -0.15) is 0 Å². The van der Waals surface area contributed by atoms with E-state index in [4.69, 9.17) is 0 Å². The van der Waals surface area contributed by atoms with E-state index in [0.29, 0.717) is 6.04 Å². The highest BCUT2D eigenvalue weighted by atomic mass is 79.9. The fourth-order valence-corrected chi connectivity index (χ4v) is 4.44. The van der Waals surface area contributed by atoms with Gasteiger partial charge in [0.15, 0.2) is 0 Å². The summed E-state index contributed by atoms with van der Waals surface area (Å²) in [5.74, 6) is 1.76. The van der Waals surface area contributed by atoms with Crippen LogP contribution in [0.3, 0.4) is 0 Å². The molecule has 1 saturated carbocycles. The number of nitrogens with one attached hydrogen (secondary N) is 1. The standard InChI is InChI=1S/C14H22BrNS/c1-3-16-14(13-8-12(15)9-17-13)11-6-4-10(2)5-7-11/h8-11,14,16H,3-7H2,1-2H3. The van der Waals surface area contributed by atoms with E-state index in [1.165, 1.54) is 35.0 Å². The minimum atomic E-state index is 0.573. The van der Waals surface area contributed by atoms with Crippen LogP contribution >= 0.6 is 27.3 Å². The van der Waals surface area contributed by atoms with Crippen LogP contribution in [0.4, 0.5) is 0 Å². The van der Waals surface area contributed by atoms with Crippen molar-refractivity contribution in [3.8, 4) is 0 Å². The van der Waals surface area contributed by atoms with Gasteiger partial charge in [0.25, 0.3) is 0 Å². The Morgan fingerprint density at radius 3 is 2.65 bits per heavy atom. The summed E-state index contributed by atoms with van der Waals surface area (Å²) in [5.41, 5.74) is 0. The molecule has 1 nitrogen and oxygen atoms in total. The van der Waals surface area contributed by atoms with Gasteiger partial charge in [-0.15, -0.1) is 11.3 Å². The summed E-state index contributed by atoms with van der Waals surface area (Å²) in [7, 11) is 0. The first-order chi connectivity index (χ1) is 8.20. The lowest BCUT2D eigenvalue weighted by Crippen LogP contribution is -2.30. The summed E-state index contributed by atoms with van der Waals surface area (Å²) in [6.45, 7) is 5.66. The molecule has 0 amide bonds. The molecule has 1 atom stereocenters. The van der Waals surface area contributed by atoms with Crippen LogP contribution in [-0.4, -0.2) is 6.54 Å². The molecule has 0 saturated heterocycles. The molecule has 1 aliphatic carbocycles. The number of hydrogen-bond donors (Lipinski definition) is 1. The average Bonchev–Trinajstić information content (AvgIpc) is 2.74. The summed E-state index contributed by atoms with van der Waals surface area (Å²) in [4.78, 5) is 1.50. The third-order valence-corrected chi connectivity index (χ3v) is 5.63. The predicted octanol–water partition coefficient (Wildman–Crippen LogP) is 4.99. The molecule has 17 heavy (non-hydrogen) atoms. The summed E-state index contributed by atoms with van der Waals surface area (Å²) in [6.07, 6.45) is 5.57. The maximum atomic E-state index is 3.69. The van der Waals surface area contributed by atoms with Crippen molar-refractivity contribution in [2.45, 2.75) is 45.6 Å². The van der Waals surface area contributed by atoms with E-state index in [-0.39, 0.29) is 0 Å². The van der Waals surface area contributed by atoms with Crippen LogP contribution in [0.1, 0.15) is 50.4 Å². The van der Waals surface area contributed by atoms with Crippen molar-refractivity contribution in [2.24, 2.45) is 11.8 Å². The Kier molecular flexibility index (Phi) is 5.07. The number of hydrogen-bond acceptors (Lipinski definition) is 2. The Morgan fingerprint density at radius 2 is 2.12 bits per heavy atom. The molecule has 0 radical (unpaired) electrons. The topological polar surface area (TPSA) is 12.0 Å². The van der Waals surface area contributed by atoms with Crippen molar-refractivity contribution in [3.63, 3.8) is 0 Å². The highest BCUT2D eigenvalue weighted by molar-refractivity contribution is 9.10. The van der Waals surface area contributed by atoms with Crippen LogP contribution in [0.25, 0.3) is 0 Å². The van der Waals surface area contributed by atoms with Crippen molar-refractivity contribution in [2.75, 3.05) is 6.54 Å². The maximum Gasteiger partial charge on any atom is 0.0443 e. The molecular formula is C14H22BrNS.